The van der Waals surface area contributed by atoms with Crippen molar-refractivity contribution in [1.29, 1.82) is 0 Å². The van der Waals surface area contributed by atoms with Crippen LogP contribution < -0.4 is 4.74 Å². The zero-order valence-corrected chi connectivity index (χ0v) is 17.9. The first-order chi connectivity index (χ1) is 15.2. The number of methoxy groups -OCH3 is 1. The van der Waals surface area contributed by atoms with Gasteiger partial charge in [-0.2, -0.15) is 5.10 Å². The maximum atomic E-state index is 13.3. The monoisotopic (exact) mass is 416 g/mol. The van der Waals surface area contributed by atoms with Gasteiger partial charge in [-0.1, -0.05) is 42.5 Å². The summed E-state index contributed by atoms with van der Waals surface area (Å²) in [4.78, 5) is 20.1. The number of benzene rings is 2. The summed E-state index contributed by atoms with van der Waals surface area (Å²) in [7, 11) is 1.67. The summed E-state index contributed by atoms with van der Waals surface area (Å²) in [6, 6.07) is 18.0. The van der Waals surface area contributed by atoms with Crippen molar-refractivity contribution in [3.8, 4) is 17.1 Å². The third-order valence-electron chi connectivity index (χ3n) is 6.75. The molecule has 0 bridgehead atoms. The van der Waals surface area contributed by atoms with Gasteiger partial charge >= 0.3 is 0 Å². The molecular formula is C25H28N4O2. The van der Waals surface area contributed by atoms with Gasteiger partial charge in [0.1, 0.15) is 11.6 Å². The summed E-state index contributed by atoms with van der Waals surface area (Å²) in [6.45, 7) is 1.64. The summed E-state index contributed by atoms with van der Waals surface area (Å²) in [5, 5.41) is 7.47. The topological polar surface area (TPSA) is 71.1 Å². The Morgan fingerprint density at radius 1 is 1.10 bits per heavy atom. The lowest BCUT2D eigenvalue weighted by Crippen LogP contribution is -2.44. The first-order valence-corrected chi connectivity index (χ1v) is 11.1. The lowest BCUT2D eigenvalue weighted by atomic mass is 9.90. The highest BCUT2D eigenvalue weighted by atomic mass is 16.5. The standard InChI is InChI=1S/C25H28N4O2/c1-31-21-9-7-20(8-10-21)25(13-14-25)24(30)29-15-11-18(12-16-29)17-22-26-23(28-27-22)19-5-3-2-4-6-19/h2-10,18H,11-17H2,1H3,(H,26,27,28). The van der Waals surface area contributed by atoms with Crippen molar-refractivity contribution >= 4 is 5.91 Å². The number of nitrogens with zero attached hydrogens (tertiary/aromatic N) is 3. The molecule has 31 heavy (non-hydrogen) atoms. The molecule has 6 nitrogen and oxygen atoms in total. The quantitative estimate of drug-likeness (QED) is 0.660. The van der Waals surface area contributed by atoms with Crippen LogP contribution in [0.25, 0.3) is 11.4 Å². The molecule has 2 heterocycles. The third-order valence-corrected chi connectivity index (χ3v) is 6.75. The molecular weight excluding hydrogens is 388 g/mol. The molecule has 6 heteroatoms. The predicted octanol–water partition coefficient (Wildman–Crippen LogP) is 3.99. The highest BCUT2D eigenvalue weighted by molar-refractivity contribution is 5.91. The number of likely N-dealkylation sites (tertiary alicyclic amines) is 1. The molecule has 5 rings (SSSR count). The number of aromatic nitrogens is 3. The molecule has 1 saturated heterocycles. The largest absolute Gasteiger partial charge is 0.497 e. The molecule has 1 aliphatic carbocycles. The fourth-order valence-electron chi connectivity index (χ4n) is 4.68. The fourth-order valence-corrected chi connectivity index (χ4v) is 4.68. The van der Waals surface area contributed by atoms with E-state index in [-0.39, 0.29) is 5.41 Å². The number of nitrogens with one attached hydrogen (secondary N) is 1. The summed E-state index contributed by atoms with van der Waals surface area (Å²) in [6.07, 6.45) is 4.78. The van der Waals surface area contributed by atoms with Crippen LogP contribution in [0.5, 0.6) is 5.75 Å². The van der Waals surface area contributed by atoms with Gasteiger partial charge < -0.3 is 9.64 Å². The number of hydrogen-bond acceptors (Lipinski definition) is 4. The summed E-state index contributed by atoms with van der Waals surface area (Å²) in [5.41, 5.74) is 1.84. The predicted molar refractivity (Wildman–Crippen MR) is 119 cm³/mol. The van der Waals surface area contributed by atoms with Crippen molar-refractivity contribution in [1.82, 2.24) is 20.1 Å². The summed E-state index contributed by atoms with van der Waals surface area (Å²) in [5.74, 6) is 3.33. The smallest absolute Gasteiger partial charge is 0.233 e. The second-order valence-electron chi connectivity index (χ2n) is 8.72. The van der Waals surface area contributed by atoms with Gasteiger partial charge in [-0.3, -0.25) is 9.89 Å². The van der Waals surface area contributed by atoms with Crippen LogP contribution in [0, 0.1) is 5.92 Å². The van der Waals surface area contributed by atoms with Crippen LogP contribution >= 0.6 is 0 Å². The Hall–Kier alpha value is -3.15. The van der Waals surface area contributed by atoms with Crippen LogP contribution in [0.2, 0.25) is 0 Å². The molecule has 0 radical (unpaired) electrons. The van der Waals surface area contributed by atoms with E-state index in [0.29, 0.717) is 11.8 Å². The third kappa shape index (κ3) is 3.94. The van der Waals surface area contributed by atoms with E-state index < -0.39 is 0 Å². The van der Waals surface area contributed by atoms with Gasteiger partial charge in [0.2, 0.25) is 5.91 Å². The molecule has 0 spiro atoms. The molecule has 1 N–H and O–H groups in total. The van der Waals surface area contributed by atoms with Gasteiger partial charge in [-0.15, -0.1) is 0 Å². The van der Waals surface area contributed by atoms with Crippen LogP contribution in [0.3, 0.4) is 0 Å². The Balaban J connectivity index is 1.18. The highest BCUT2D eigenvalue weighted by Crippen LogP contribution is 2.50. The molecule has 1 aliphatic heterocycles. The number of hydrogen-bond donors (Lipinski definition) is 1. The second kappa shape index (κ2) is 8.17. The van der Waals surface area contributed by atoms with Gasteiger partial charge in [-0.25, -0.2) is 4.98 Å². The van der Waals surface area contributed by atoms with E-state index in [0.717, 1.165) is 73.7 Å². The Morgan fingerprint density at radius 3 is 2.45 bits per heavy atom. The Kier molecular flexibility index (Phi) is 5.22. The van der Waals surface area contributed by atoms with Gasteiger partial charge in [-0.05, 0) is 49.3 Å². The number of H-pyrrole nitrogens is 1. The number of carbonyl (C=O) groups is 1. The number of aromatic amines is 1. The first kappa shape index (κ1) is 19.8. The van der Waals surface area contributed by atoms with E-state index in [2.05, 4.69) is 20.1 Å². The van der Waals surface area contributed by atoms with E-state index >= 15 is 0 Å². The summed E-state index contributed by atoms with van der Waals surface area (Å²) < 4.78 is 5.26. The Bertz CT molecular complexity index is 1030. The van der Waals surface area contributed by atoms with Gasteiger partial charge in [0.15, 0.2) is 5.82 Å². The minimum absolute atomic E-state index is 0.294. The average Bonchev–Trinajstić information content (AvgIpc) is 3.52. The van der Waals surface area contributed by atoms with Gasteiger partial charge in [0, 0.05) is 25.1 Å². The number of amides is 1. The Morgan fingerprint density at radius 2 is 1.81 bits per heavy atom. The fraction of sp³-hybridized carbons (Fsp3) is 0.400. The van der Waals surface area contributed by atoms with Crippen molar-refractivity contribution < 1.29 is 9.53 Å². The molecule has 160 valence electrons. The van der Waals surface area contributed by atoms with Gasteiger partial charge in [0.05, 0.1) is 12.5 Å². The maximum absolute atomic E-state index is 13.3. The van der Waals surface area contributed by atoms with E-state index in [1.54, 1.807) is 7.11 Å². The molecule has 2 aromatic carbocycles. The average molecular weight is 417 g/mol. The number of ether oxygens (including phenoxy) is 1. The van der Waals surface area contributed by atoms with E-state index in [1.165, 1.54) is 0 Å². The summed E-state index contributed by atoms with van der Waals surface area (Å²) >= 11 is 0. The van der Waals surface area contributed by atoms with E-state index in [1.807, 2.05) is 54.6 Å². The van der Waals surface area contributed by atoms with Crippen LogP contribution in [-0.2, 0) is 16.6 Å². The minimum atomic E-state index is -0.311. The molecule has 0 atom stereocenters. The lowest BCUT2D eigenvalue weighted by molar-refractivity contribution is -0.135. The molecule has 3 aromatic rings. The van der Waals surface area contributed by atoms with Crippen molar-refractivity contribution in [2.24, 2.45) is 5.92 Å². The van der Waals surface area contributed by atoms with Crippen LogP contribution in [0.4, 0.5) is 0 Å². The highest BCUT2D eigenvalue weighted by Gasteiger charge is 2.53. The lowest BCUT2D eigenvalue weighted by Gasteiger charge is -2.34. The zero-order valence-electron chi connectivity index (χ0n) is 17.9. The molecule has 1 amide bonds. The van der Waals surface area contributed by atoms with Crippen molar-refractivity contribution in [3.63, 3.8) is 0 Å². The van der Waals surface area contributed by atoms with E-state index in [9.17, 15) is 4.79 Å². The second-order valence-corrected chi connectivity index (χ2v) is 8.72. The normalized spacial score (nSPS) is 18.0. The molecule has 2 aliphatic rings. The van der Waals surface area contributed by atoms with E-state index in [4.69, 9.17) is 4.74 Å². The van der Waals surface area contributed by atoms with Crippen LogP contribution in [-0.4, -0.2) is 46.2 Å². The van der Waals surface area contributed by atoms with Crippen molar-refractivity contribution in [2.45, 2.75) is 37.5 Å². The van der Waals surface area contributed by atoms with Crippen LogP contribution in [0.1, 0.15) is 37.1 Å². The minimum Gasteiger partial charge on any atom is -0.497 e. The number of carbonyl (C=O) groups excluding carboxylic acids is 1. The number of rotatable bonds is 6. The van der Waals surface area contributed by atoms with Gasteiger partial charge in [0.25, 0.3) is 0 Å². The van der Waals surface area contributed by atoms with Crippen LogP contribution in [0.15, 0.2) is 54.6 Å². The first-order valence-electron chi connectivity index (χ1n) is 11.1. The maximum Gasteiger partial charge on any atom is 0.233 e. The zero-order chi connectivity index (χ0) is 21.3. The SMILES string of the molecule is COc1ccc(C2(C(=O)N3CCC(Cc4nc(-c5ccccc5)n[nH]4)CC3)CC2)cc1. The van der Waals surface area contributed by atoms with Crippen molar-refractivity contribution in [2.75, 3.05) is 20.2 Å². The molecule has 2 fully saturated rings. The Labute approximate surface area is 182 Å². The molecule has 0 unspecified atom stereocenters. The molecule has 1 saturated carbocycles. The number of piperidine rings is 1. The van der Waals surface area contributed by atoms with Crippen molar-refractivity contribution in [3.05, 3.63) is 66.0 Å². The molecule has 1 aromatic heterocycles.